The van der Waals surface area contributed by atoms with E-state index in [1.54, 1.807) is 4.90 Å². The second-order valence-corrected chi connectivity index (χ2v) is 11.0. The summed E-state index contributed by atoms with van der Waals surface area (Å²) in [5.74, 6) is 3.45. The van der Waals surface area contributed by atoms with Crippen LogP contribution in [-0.4, -0.2) is 32.9 Å². The van der Waals surface area contributed by atoms with Crippen LogP contribution in [0.25, 0.3) is 10.9 Å². The molecule has 2 aliphatic carbocycles. The van der Waals surface area contributed by atoms with Gasteiger partial charge in [-0.25, -0.2) is 0 Å². The zero-order valence-electron chi connectivity index (χ0n) is 20.2. The first-order chi connectivity index (χ1) is 16.4. The molecule has 174 valence electrons. The van der Waals surface area contributed by atoms with E-state index in [9.17, 15) is 4.79 Å². The molecule has 2 N–H and O–H groups in total. The maximum atomic E-state index is 12.7. The highest BCUT2D eigenvalue weighted by molar-refractivity contribution is 5.94. The summed E-state index contributed by atoms with van der Waals surface area (Å²) >= 11 is 0. The molecule has 2 fully saturated rings. The maximum absolute atomic E-state index is 12.7. The fourth-order valence-electron chi connectivity index (χ4n) is 7.31. The highest BCUT2D eigenvalue weighted by Crippen LogP contribution is 2.72. The molecule has 4 unspecified atom stereocenters. The topological polar surface area (TPSA) is 61.0 Å². The van der Waals surface area contributed by atoms with Crippen molar-refractivity contribution in [3.63, 3.8) is 0 Å². The zero-order valence-corrected chi connectivity index (χ0v) is 20.2. The van der Waals surface area contributed by atoms with Crippen LogP contribution in [0.5, 0.6) is 0 Å². The summed E-state index contributed by atoms with van der Waals surface area (Å²) in [6.45, 7) is 7.68. The Labute approximate surface area is 201 Å². The molecular weight excluding hydrogens is 420 g/mol. The minimum Gasteiger partial charge on any atom is -0.378 e. The van der Waals surface area contributed by atoms with Crippen molar-refractivity contribution in [2.75, 3.05) is 11.9 Å². The van der Waals surface area contributed by atoms with E-state index in [4.69, 9.17) is 11.4 Å². The number of terminal acetylenes is 1. The predicted molar refractivity (Wildman–Crippen MR) is 135 cm³/mol. The summed E-state index contributed by atoms with van der Waals surface area (Å²) in [5, 5.41) is 5.09. The highest BCUT2D eigenvalue weighted by atomic mass is 16.2. The number of hydrogen-bond acceptors (Lipinski definition) is 3. The van der Waals surface area contributed by atoms with E-state index >= 15 is 0 Å². The van der Waals surface area contributed by atoms with E-state index in [1.165, 1.54) is 30.2 Å². The number of nitrogens with one attached hydrogen (secondary N) is 2. The Balaban J connectivity index is 1.34. The molecule has 0 saturated heterocycles. The lowest BCUT2D eigenvalue weighted by molar-refractivity contribution is -0.127. The lowest BCUT2D eigenvalue weighted by Crippen LogP contribution is -2.40. The summed E-state index contributed by atoms with van der Waals surface area (Å²) in [6.07, 6.45) is 12.0. The number of pyridine rings is 1. The number of H-pyrrole nitrogens is 1. The molecule has 3 heterocycles. The van der Waals surface area contributed by atoms with Crippen molar-refractivity contribution >= 4 is 22.5 Å². The van der Waals surface area contributed by atoms with Gasteiger partial charge in [0.15, 0.2) is 0 Å². The van der Waals surface area contributed by atoms with Gasteiger partial charge in [-0.3, -0.25) is 9.78 Å². The van der Waals surface area contributed by atoms with Gasteiger partial charge in [-0.15, -0.1) is 6.42 Å². The first-order valence-electron chi connectivity index (χ1n) is 12.5. The predicted octanol–water partition coefficient (Wildman–Crippen LogP) is 5.30. The van der Waals surface area contributed by atoms with Crippen molar-refractivity contribution in [2.24, 2.45) is 17.3 Å². The van der Waals surface area contributed by atoms with Crippen LogP contribution in [-0.2, 0) is 11.2 Å². The van der Waals surface area contributed by atoms with Crippen LogP contribution in [0.2, 0.25) is 0 Å². The van der Waals surface area contributed by atoms with Gasteiger partial charge in [-0.2, -0.15) is 0 Å². The lowest BCUT2D eigenvalue weighted by Gasteiger charge is -2.34. The summed E-state index contributed by atoms with van der Waals surface area (Å²) in [7, 11) is 0. The Kier molecular flexibility index (Phi) is 4.61. The molecule has 3 aromatic rings. The molecule has 1 aliphatic heterocycles. The first-order valence-corrected chi connectivity index (χ1v) is 12.5. The molecule has 3 aliphatic rings. The van der Waals surface area contributed by atoms with Crippen LogP contribution in [0, 0.1) is 29.6 Å². The van der Waals surface area contributed by atoms with E-state index < -0.39 is 0 Å². The number of hydrogen-bond donors (Lipinski definition) is 2. The van der Waals surface area contributed by atoms with Gasteiger partial charge in [0.2, 0.25) is 0 Å². The molecule has 5 heteroatoms. The fraction of sp³-hybridized carbons (Fsp3) is 0.448. The van der Waals surface area contributed by atoms with Gasteiger partial charge < -0.3 is 15.2 Å². The molecule has 4 atom stereocenters. The largest absolute Gasteiger partial charge is 0.378 e. The van der Waals surface area contributed by atoms with Gasteiger partial charge in [-0.05, 0) is 72.6 Å². The number of benzene rings is 1. The van der Waals surface area contributed by atoms with E-state index in [0.29, 0.717) is 17.9 Å². The standard InChI is InChI=1S/C29H32N4O/c1-5-25(34)33-13-12-22-21-8-6-7-9-23(21)31-26(22)27(33)24-11-10-20(16-30-24)32-29-15-19(4)14-28(29,17-29)18(2)3/h1,6-11,16,18-19,27,31-32H,12-15,17H2,2-4H3. The number of carbonyl (C=O) groups is 1. The van der Waals surface area contributed by atoms with Crippen LogP contribution in [0.1, 0.15) is 63.0 Å². The smallest absolute Gasteiger partial charge is 0.299 e. The molecule has 1 amide bonds. The zero-order chi connectivity index (χ0) is 23.7. The number of aromatic amines is 1. The summed E-state index contributed by atoms with van der Waals surface area (Å²) in [4.78, 5) is 22.9. The normalized spacial score (nSPS) is 29.6. The third-order valence-electron chi connectivity index (χ3n) is 8.83. The Hall–Kier alpha value is -3.26. The van der Waals surface area contributed by atoms with Gasteiger partial charge in [0, 0.05) is 28.7 Å². The SMILES string of the molecule is C#CC(=O)N1CCc2c([nH]c3ccccc23)C1c1ccc(NC23CC(C)CC2(C(C)C)C3)cn1. The second kappa shape index (κ2) is 7.37. The van der Waals surface area contributed by atoms with Gasteiger partial charge in [0.05, 0.1) is 17.6 Å². The lowest BCUT2D eigenvalue weighted by atomic mass is 9.87. The Bertz CT molecular complexity index is 1320. The Morgan fingerprint density at radius 2 is 2.09 bits per heavy atom. The van der Waals surface area contributed by atoms with Crippen molar-refractivity contribution in [3.05, 3.63) is 59.5 Å². The minimum atomic E-state index is -0.311. The van der Waals surface area contributed by atoms with E-state index in [2.05, 4.69) is 67.3 Å². The number of amides is 1. The van der Waals surface area contributed by atoms with Crippen LogP contribution in [0.15, 0.2) is 42.6 Å². The highest BCUT2D eigenvalue weighted by Gasteiger charge is 2.72. The fourth-order valence-corrected chi connectivity index (χ4v) is 7.31. The third kappa shape index (κ3) is 2.94. The first kappa shape index (κ1) is 21.3. The van der Waals surface area contributed by atoms with Gasteiger partial charge >= 0.3 is 0 Å². The average molecular weight is 453 g/mol. The number of aromatic nitrogens is 2. The second-order valence-electron chi connectivity index (χ2n) is 11.0. The summed E-state index contributed by atoms with van der Waals surface area (Å²) in [6, 6.07) is 12.2. The number of anilines is 1. The van der Waals surface area contributed by atoms with Crippen molar-refractivity contribution in [1.29, 1.82) is 0 Å². The van der Waals surface area contributed by atoms with Crippen molar-refractivity contribution in [3.8, 4) is 12.3 Å². The number of carbonyl (C=O) groups excluding carboxylic acids is 1. The monoisotopic (exact) mass is 452 g/mol. The minimum absolute atomic E-state index is 0.199. The van der Waals surface area contributed by atoms with Crippen LogP contribution in [0.3, 0.4) is 0 Å². The van der Waals surface area contributed by atoms with E-state index in [-0.39, 0.29) is 17.5 Å². The Morgan fingerprint density at radius 3 is 2.82 bits per heavy atom. The van der Waals surface area contributed by atoms with Crippen LogP contribution in [0.4, 0.5) is 5.69 Å². The molecule has 1 aromatic carbocycles. The number of para-hydroxylation sites is 1. The van der Waals surface area contributed by atoms with Gasteiger partial charge in [-0.1, -0.05) is 39.0 Å². The molecule has 5 nitrogen and oxygen atoms in total. The number of fused-ring (bicyclic) bond motifs is 4. The molecule has 0 radical (unpaired) electrons. The number of nitrogens with zero attached hydrogens (tertiary/aromatic N) is 2. The molecular formula is C29H32N4O. The molecule has 2 saturated carbocycles. The molecule has 34 heavy (non-hydrogen) atoms. The van der Waals surface area contributed by atoms with Crippen molar-refractivity contribution in [1.82, 2.24) is 14.9 Å². The Morgan fingerprint density at radius 1 is 1.26 bits per heavy atom. The van der Waals surface area contributed by atoms with Crippen LogP contribution < -0.4 is 5.32 Å². The quantitative estimate of drug-likeness (QED) is 0.528. The molecule has 2 aromatic heterocycles. The van der Waals surface area contributed by atoms with Crippen LogP contribution >= 0.6 is 0 Å². The van der Waals surface area contributed by atoms with E-state index in [1.807, 2.05) is 12.3 Å². The maximum Gasteiger partial charge on any atom is 0.299 e. The van der Waals surface area contributed by atoms with Crippen molar-refractivity contribution in [2.45, 2.75) is 58.0 Å². The summed E-state index contributed by atoms with van der Waals surface area (Å²) < 4.78 is 0. The van der Waals surface area contributed by atoms with Crippen molar-refractivity contribution < 1.29 is 4.79 Å². The average Bonchev–Trinajstić information content (AvgIpc) is 3.14. The molecule has 6 rings (SSSR count). The van der Waals surface area contributed by atoms with Gasteiger partial charge in [0.1, 0.15) is 6.04 Å². The molecule has 0 spiro atoms. The van der Waals surface area contributed by atoms with Gasteiger partial charge in [0.25, 0.3) is 5.91 Å². The number of rotatable bonds is 4. The molecule has 0 bridgehead atoms. The summed E-state index contributed by atoms with van der Waals surface area (Å²) in [5.41, 5.74) is 5.86. The van der Waals surface area contributed by atoms with E-state index in [0.717, 1.165) is 34.9 Å². The third-order valence-corrected chi connectivity index (χ3v) is 8.83.